The summed E-state index contributed by atoms with van der Waals surface area (Å²) in [6.07, 6.45) is 1.36. The van der Waals surface area contributed by atoms with Crippen LogP contribution in [0.2, 0.25) is 0 Å². The van der Waals surface area contributed by atoms with Gasteiger partial charge in [0.15, 0.2) is 0 Å². The van der Waals surface area contributed by atoms with E-state index in [-0.39, 0.29) is 10.6 Å². The van der Waals surface area contributed by atoms with Crippen LogP contribution in [0.1, 0.15) is 45.3 Å². The first kappa shape index (κ1) is 15.4. The van der Waals surface area contributed by atoms with Gasteiger partial charge in [0.25, 0.3) is 5.69 Å². The largest absolute Gasteiger partial charge is 0.389 e. The first-order chi connectivity index (χ1) is 9.01. The van der Waals surface area contributed by atoms with E-state index in [4.69, 9.17) is 0 Å². The van der Waals surface area contributed by atoms with Crippen molar-refractivity contribution in [2.24, 2.45) is 0 Å². The maximum absolute atomic E-state index is 11.2. The van der Waals surface area contributed by atoms with Gasteiger partial charge in [-0.3, -0.25) is 10.1 Å². The highest BCUT2D eigenvalue weighted by Crippen LogP contribution is 2.31. The molecule has 0 bridgehead atoms. The minimum Gasteiger partial charge on any atom is -0.389 e. The molecule has 5 nitrogen and oxygen atoms in total. The molecule has 0 aromatic heterocycles. The van der Waals surface area contributed by atoms with Crippen molar-refractivity contribution in [2.45, 2.75) is 39.7 Å². The lowest BCUT2D eigenvalue weighted by Crippen LogP contribution is -2.24. The molecule has 0 heterocycles. The molecule has 1 atom stereocenters. The summed E-state index contributed by atoms with van der Waals surface area (Å²) in [4.78, 5) is 12.8. The van der Waals surface area contributed by atoms with Crippen molar-refractivity contribution in [1.29, 1.82) is 0 Å². The zero-order valence-corrected chi connectivity index (χ0v) is 11.8. The molecule has 1 aromatic carbocycles. The molecule has 1 rings (SSSR count). The molecular formula is C14H22N2O3. The van der Waals surface area contributed by atoms with E-state index < -0.39 is 6.10 Å². The van der Waals surface area contributed by atoms with E-state index in [1.54, 1.807) is 19.1 Å². The Morgan fingerprint density at radius 2 is 2.11 bits per heavy atom. The molecule has 0 radical (unpaired) electrons. The fraction of sp³-hybridized carbons (Fsp3) is 0.571. The molecule has 0 amide bonds. The summed E-state index contributed by atoms with van der Waals surface area (Å²) in [7, 11) is 0. The van der Waals surface area contributed by atoms with Crippen molar-refractivity contribution in [3.05, 3.63) is 33.9 Å². The van der Waals surface area contributed by atoms with Crippen molar-refractivity contribution < 1.29 is 10.0 Å². The van der Waals surface area contributed by atoms with Gasteiger partial charge in [-0.1, -0.05) is 19.4 Å². The number of nitro groups is 1. The zero-order chi connectivity index (χ0) is 14.4. The van der Waals surface area contributed by atoms with Crippen LogP contribution in [0.15, 0.2) is 18.2 Å². The van der Waals surface area contributed by atoms with Gasteiger partial charge >= 0.3 is 0 Å². The molecular weight excluding hydrogens is 244 g/mol. The van der Waals surface area contributed by atoms with Gasteiger partial charge in [-0.15, -0.1) is 0 Å². The normalized spacial score (nSPS) is 12.2. The van der Waals surface area contributed by atoms with Crippen molar-refractivity contribution in [3.8, 4) is 0 Å². The Morgan fingerprint density at radius 1 is 1.42 bits per heavy atom. The molecule has 0 unspecified atom stereocenters. The quantitative estimate of drug-likeness (QED) is 0.607. The zero-order valence-electron chi connectivity index (χ0n) is 11.8. The summed E-state index contributed by atoms with van der Waals surface area (Å²) in [6, 6.07) is 4.95. The molecule has 0 aliphatic heterocycles. The van der Waals surface area contributed by atoms with Crippen LogP contribution >= 0.6 is 0 Å². The molecule has 0 fully saturated rings. The SMILES string of the molecule is CCCCN(CC)c1ccc([C@@H](C)O)cc1[N+](=O)[O-]. The summed E-state index contributed by atoms with van der Waals surface area (Å²) in [5.74, 6) is 0. The van der Waals surface area contributed by atoms with Crippen molar-refractivity contribution in [3.63, 3.8) is 0 Å². The Balaban J connectivity index is 3.14. The van der Waals surface area contributed by atoms with Crippen LogP contribution < -0.4 is 4.90 Å². The number of nitrogens with zero attached hydrogens (tertiary/aromatic N) is 2. The first-order valence-electron chi connectivity index (χ1n) is 6.72. The highest BCUT2D eigenvalue weighted by molar-refractivity contribution is 5.64. The predicted molar refractivity (Wildman–Crippen MR) is 76.5 cm³/mol. The van der Waals surface area contributed by atoms with Crippen LogP contribution in [0.5, 0.6) is 0 Å². The van der Waals surface area contributed by atoms with Crippen LogP contribution in [0, 0.1) is 10.1 Å². The predicted octanol–water partition coefficient (Wildman–Crippen LogP) is 3.27. The number of unbranched alkanes of at least 4 members (excludes halogenated alkanes) is 1. The van der Waals surface area contributed by atoms with E-state index in [0.29, 0.717) is 11.3 Å². The third-order valence-corrected chi connectivity index (χ3v) is 3.18. The third-order valence-electron chi connectivity index (χ3n) is 3.18. The smallest absolute Gasteiger partial charge is 0.292 e. The molecule has 0 aliphatic rings. The van der Waals surface area contributed by atoms with E-state index in [9.17, 15) is 15.2 Å². The van der Waals surface area contributed by atoms with Gasteiger partial charge in [-0.05, 0) is 31.9 Å². The van der Waals surface area contributed by atoms with E-state index in [1.807, 2.05) is 11.8 Å². The highest BCUT2D eigenvalue weighted by Gasteiger charge is 2.20. The van der Waals surface area contributed by atoms with Gasteiger partial charge in [-0.25, -0.2) is 0 Å². The molecule has 1 N–H and O–H groups in total. The Hall–Kier alpha value is -1.62. The Labute approximate surface area is 114 Å². The number of rotatable bonds is 7. The second-order valence-corrected chi connectivity index (χ2v) is 4.61. The van der Waals surface area contributed by atoms with Crippen molar-refractivity contribution >= 4 is 11.4 Å². The lowest BCUT2D eigenvalue weighted by atomic mass is 10.1. The minimum absolute atomic E-state index is 0.0661. The maximum Gasteiger partial charge on any atom is 0.292 e. The number of aliphatic hydroxyl groups excluding tert-OH is 1. The Kier molecular flexibility index (Phi) is 5.76. The van der Waals surface area contributed by atoms with Gasteiger partial charge in [0.2, 0.25) is 0 Å². The average molecular weight is 266 g/mol. The summed E-state index contributed by atoms with van der Waals surface area (Å²) < 4.78 is 0. The van der Waals surface area contributed by atoms with E-state index in [1.165, 1.54) is 6.07 Å². The summed E-state index contributed by atoms with van der Waals surface area (Å²) >= 11 is 0. The van der Waals surface area contributed by atoms with Gasteiger partial charge in [0, 0.05) is 19.2 Å². The Morgan fingerprint density at radius 3 is 2.58 bits per heavy atom. The third kappa shape index (κ3) is 3.92. The van der Waals surface area contributed by atoms with E-state index in [0.717, 1.165) is 25.9 Å². The van der Waals surface area contributed by atoms with Gasteiger partial charge < -0.3 is 10.0 Å². The standard InChI is InChI=1S/C14H22N2O3/c1-4-6-9-15(5-2)13-8-7-12(11(3)17)10-14(13)16(18)19/h7-8,10-11,17H,4-6,9H2,1-3H3/t11-/m1/s1. The number of benzene rings is 1. The first-order valence-corrected chi connectivity index (χ1v) is 6.72. The number of anilines is 1. The second kappa shape index (κ2) is 7.09. The van der Waals surface area contributed by atoms with Gasteiger partial charge in [0.05, 0.1) is 11.0 Å². The molecule has 1 aromatic rings. The van der Waals surface area contributed by atoms with Crippen LogP contribution in [0.3, 0.4) is 0 Å². The molecule has 0 spiro atoms. The topological polar surface area (TPSA) is 66.6 Å². The molecule has 0 aliphatic carbocycles. The van der Waals surface area contributed by atoms with E-state index >= 15 is 0 Å². The number of nitro benzene ring substituents is 1. The molecule has 5 heteroatoms. The Bertz CT molecular complexity index is 433. The summed E-state index contributed by atoms with van der Waals surface area (Å²) in [6.45, 7) is 7.23. The molecule has 106 valence electrons. The number of hydrogen-bond donors (Lipinski definition) is 1. The monoisotopic (exact) mass is 266 g/mol. The van der Waals surface area contributed by atoms with Crippen molar-refractivity contribution in [1.82, 2.24) is 0 Å². The fourth-order valence-corrected chi connectivity index (χ4v) is 2.01. The van der Waals surface area contributed by atoms with Crippen LogP contribution in [0.4, 0.5) is 11.4 Å². The summed E-state index contributed by atoms with van der Waals surface area (Å²) in [5.41, 5.74) is 1.27. The van der Waals surface area contributed by atoms with Crippen LogP contribution in [-0.4, -0.2) is 23.1 Å². The average Bonchev–Trinajstić information content (AvgIpc) is 2.39. The number of aliphatic hydroxyl groups is 1. The minimum atomic E-state index is -0.696. The van der Waals surface area contributed by atoms with Gasteiger partial charge in [-0.2, -0.15) is 0 Å². The lowest BCUT2D eigenvalue weighted by Gasteiger charge is -2.23. The molecule has 0 saturated carbocycles. The molecule has 19 heavy (non-hydrogen) atoms. The van der Waals surface area contributed by atoms with E-state index in [2.05, 4.69) is 6.92 Å². The lowest BCUT2D eigenvalue weighted by molar-refractivity contribution is -0.384. The van der Waals surface area contributed by atoms with Gasteiger partial charge in [0.1, 0.15) is 5.69 Å². The number of hydrogen-bond acceptors (Lipinski definition) is 4. The van der Waals surface area contributed by atoms with Crippen LogP contribution in [-0.2, 0) is 0 Å². The maximum atomic E-state index is 11.2. The molecule has 0 saturated heterocycles. The van der Waals surface area contributed by atoms with Crippen molar-refractivity contribution in [2.75, 3.05) is 18.0 Å². The highest BCUT2D eigenvalue weighted by atomic mass is 16.6. The fourth-order valence-electron chi connectivity index (χ4n) is 2.01. The second-order valence-electron chi connectivity index (χ2n) is 4.61. The summed E-state index contributed by atoms with van der Waals surface area (Å²) in [5, 5.41) is 20.7. The van der Waals surface area contributed by atoms with Crippen LogP contribution in [0.25, 0.3) is 0 Å².